The van der Waals surface area contributed by atoms with E-state index in [2.05, 4.69) is 15.0 Å². The molecule has 170 valence electrons. The van der Waals surface area contributed by atoms with Crippen molar-refractivity contribution in [1.29, 1.82) is 0 Å². The van der Waals surface area contributed by atoms with Crippen LogP contribution in [0.15, 0.2) is 60.0 Å². The van der Waals surface area contributed by atoms with E-state index >= 15 is 0 Å². The number of aromatic nitrogens is 2. The molecular weight excluding hydrogens is 442 g/mol. The highest BCUT2D eigenvalue weighted by Gasteiger charge is 2.50. The highest BCUT2D eigenvalue weighted by Crippen LogP contribution is 2.44. The average molecular weight is 459 g/mol. The molecule has 2 N–H and O–H groups in total. The minimum atomic E-state index is -4.75. The van der Waals surface area contributed by atoms with Crippen molar-refractivity contribution in [3.63, 3.8) is 0 Å². The summed E-state index contributed by atoms with van der Waals surface area (Å²) in [5.41, 5.74) is 3.39. The number of benzene rings is 2. The van der Waals surface area contributed by atoms with Crippen LogP contribution in [0.2, 0.25) is 0 Å². The summed E-state index contributed by atoms with van der Waals surface area (Å²) in [4.78, 5) is 26.1. The van der Waals surface area contributed by atoms with Gasteiger partial charge in [-0.25, -0.2) is 15.0 Å². The lowest BCUT2D eigenvalue weighted by Crippen LogP contribution is -2.41. The van der Waals surface area contributed by atoms with E-state index < -0.39 is 34.9 Å². The van der Waals surface area contributed by atoms with Gasteiger partial charge in [0.05, 0.1) is 18.2 Å². The number of amides is 1. The number of ether oxygens (including phenoxy) is 1. The fourth-order valence-corrected chi connectivity index (χ4v) is 3.76. The smallest absolute Gasteiger partial charge is 0.419 e. The van der Waals surface area contributed by atoms with E-state index in [0.29, 0.717) is 5.56 Å². The van der Waals surface area contributed by atoms with E-state index in [0.717, 1.165) is 30.5 Å². The Hall–Kier alpha value is -4.02. The van der Waals surface area contributed by atoms with Crippen molar-refractivity contribution in [2.45, 2.75) is 11.7 Å². The number of hydrogen-bond acceptors (Lipinski definition) is 6. The Labute approximate surface area is 185 Å². The van der Waals surface area contributed by atoms with Gasteiger partial charge in [0, 0.05) is 13.2 Å². The van der Waals surface area contributed by atoms with Crippen LogP contribution in [0.4, 0.5) is 17.6 Å². The summed E-state index contributed by atoms with van der Waals surface area (Å²) in [7, 11) is 2.48. The number of halogens is 4. The molecule has 0 saturated heterocycles. The number of guanidine groups is 1. The summed E-state index contributed by atoms with van der Waals surface area (Å²) in [6.07, 6.45) is -2.46. The number of methoxy groups -OCH3 is 1. The minimum Gasteiger partial charge on any atom is -0.496 e. The normalized spacial score (nSPS) is 18.4. The molecule has 0 saturated carbocycles. The maximum Gasteiger partial charge on any atom is 0.419 e. The number of carbonyl (C=O) groups is 1. The Bertz CT molecular complexity index is 1280. The molecule has 1 aromatic heterocycles. The first-order valence-corrected chi connectivity index (χ1v) is 9.55. The maximum absolute atomic E-state index is 14.3. The van der Waals surface area contributed by atoms with Crippen molar-refractivity contribution in [2.24, 2.45) is 10.7 Å². The Morgan fingerprint density at radius 3 is 2.45 bits per heavy atom. The first-order chi connectivity index (χ1) is 15.6. The number of nitrogens with two attached hydrogens (primary N) is 1. The summed E-state index contributed by atoms with van der Waals surface area (Å²) in [6, 6.07) is 9.30. The van der Waals surface area contributed by atoms with Crippen molar-refractivity contribution in [3.8, 4) is 16.9 Å². The summed E-state index contributed by atoms with van der Waals surface area (Å²) in [6.45, 7) is 0. The minimum absolute atomic E-state index is 0.0518. The molecule has 7 nitrogen and oxygen atoms in total. The number of alkyl halides is 3. The van der Waals surface area contributed by atoms with Crippen molar-refractivity contribution in [3.05, 3.63) is 77.6 Å². The van der Waals surface area contributed by atoms with Gasteiger partial charge < -0.3 is 10.5 Å². The standard InChI is InChI=1S/C22H17F4N5O2/c1-31-19(32)21(30-20(31)27,14-6-7-17(33-2)16(9-14)22(24,25)26)13-5-3-4-12(8-13)15-10-28-11-29-18(15)23/h3-11H,1-2H3,(H2,27,30)/t21-/m0/s1. The second kappa shape index (κ2) is 7.84. The van der Waals surface area contributed by atoms with E-state index in [1.807, 2.05) is 0 Å². The van der Waals surface area contributed by atoms with E-state index in [-0.39, 0.29) is 22.6 Å². The second-order valence-electron chi connectivity index (χ2n) is 7.27. The summed E-state index contributed by atoms with van der Waals surface area (Å²) >= 11 is 0. The highest BCUT2D eigenvalue weighted by atomic mass is 19.4. The largest absolute Gasteiger partial charge is 0.496 e. The molecule has 1 amide bonds. The lowest BCUT2D eigenvalue weighted by atomic mass is 9.81. The molecule has 11 heteroatoms. The van der Waals surface area contributed by atoms with Gasteiger partial charge in [0.1, 0.15) is 12.1 Å². The van der Waals surface area contributed by atoms with Gasteiger partial charge in [0.15, 0.2) is 11.5 Å². The predicted octanol–water partition coefficient (Wildman–Crippen LogP) is 3.34. The van der Waals surface area contributed by atoms with Crippen LogP contribution >= 0.6 is 0 Å². The van der Waals surface area contributed by atoms with Crippen LogP contribution in [0.5, 0.6) is 5.75 Å². The first kappa shape index (κ1) is 22.2. The van der Waals surface area contributed by atoms with Crippen LogP contribution in [-0.4, -0.2) is 40.9 Å². The van der Waals surface area contributed by atoms with E-state index in [4.69, 9.17) is 10.5 Å². The van der Waals surface area contributed by atoms with Gasteiger partial charge in [-0.15, -0.1) is 0 Å². The van der Waals surface area contributed by atoms with Crippen LogP contribution < -0.4 is 10.5 Å². The van der Waals surface area contributed by atoms with Crippen molar-refractivity contribution < 1.29 is 27.1 Å². The van der Waals surface area contributed by atoms with Gasteiger partial charge in [-0.2, -0.15) is 17.6 Å². The quantitative estimate of drug-likeness (QED) is 0.477. The lowest BCUT2D eigenvalue weighted by molar-refractivity contribution is -0.139. The van der Waals surface area contributed by atoms with Crippen molar-refractivity contribution >= 4 is 11.9 Å². The Balaban J connectivity index is 1.99. The number of hydrogen-bond donors (Lipinski definition) is 1. The van der Waals surface area contributed by atoms with Crippen LogP contribution in [0, 0.1) is 5.95 Å². The zero-order chi connectivity index (χ0) is 24.0. The molecule has 0 spiro atoms. The van der Waals surface area contributed by atoms with E-state index in [1.165, 1.54) is 37.5 Å². The third kappa shape index (κ3) is 3.55. The number of aliphatic imine (C=N–C) groups is 1. The number of rotatable bonds is 4. The molecule has 0 unspecified atom stereocenters. The zero-order valence-corrected chi connectivity index (χ0v) is 17.4. The second-order valence-corrected chi connectivity index (χ2v) is 7.27. The predicted molar refractivity (Wildman–Crippen MR) is 111 cm³/mol. The average Bonchev–Trinajstić information content (AvgIpc) is 3.03. The van der Waals surface area contributed by atoms with E-state index in [9.17, 15) is 22.4 Å². The molecule has 0 aliphatic carbocycles. The third-order valence-corrected chi connectivity index (χ3v) is 5.42. The van der Waals surface area contributed by atoms with E-state index in [1.54, 1.807) is 6.07 Å². The van der Waals surface area contributed by atoms with Gasteiger partial charge in [0.25, 0.3) is 5.91 Å². The molecule has 0 fully saturated rings. The highest BCUT2D eigenvalue weighted by molar-refractivity contribution is 6.09. The molecule has 2 heterocycles. The number of carbonyl (C=O) groups excluding carboxylic acids is 1. The Morgan fingerprint density at radius 2 is 1.85 bits per heavy atom. The summed E-state index contributed by atoms with van der Waals surface area (Å²) in [5, 5.41) is 0. The molecule has 1 aliphatic heterocycles. The van der Waals surface area contributed by atoms with Gasteiger partial charge in [-0.1, -0.05) is 24.3 Å². The fraction of sp³-hybridized carbons (Fsp3) is 0.182. The van der Waals surface area contributed by atoms with Crippen LogP contribution in [0.3, 0.4) is 0 Å². The van der Waals surface area contributed by atoms with Gasteiger partial charge in [0.2, 0.25) is 5.95 Å². The maximum atomic E-state index is 14.3. The zero-order valence-electron chi connectivity index (χ0n) is 17.4. The molecule has 2 aromatic carbocycles. The van der Waals surface area contributed by atoms with Gasteiger partial charge >= 0.3 is 6.18 Å². The van der Waals surface area contributed by atoms with Crippen LogP contribution in [0.25, 0.3) is 11.1 Å². The Kier molecular flexibility index (Phi) is 5.27. The summed E-state index contributed by atoms with van der Waals surface area (Å²) < 4.78 is 60.3. The molecule has 4 rings (SSSR count). The topological polar surface area (TPSA) is 93.7 Å². The number of nitrogens with zero attached hydrogens (tertiary/aromatic N) is 4. The summed E-state index contributed by atoms with van der Waals surface area (Å²) in [5.74, 6) is -2.04. The molecule has 0 radical (unpaired) electrons. The molecular formula is C22H17F4N5O2. The molecule has 1 atom stereocenters. The van der Waals surface area contributed by atoms with Crippen molar-refractivity contribution in [2.75, 3.05) is 14.2 Å². The van der Waals surface area contributed by atoms with Gasteiger partial charge in [-0.3, -0.25) is 9.69 Å². The lowest BCUT2D eigenvalue weighted by Gasteiger charge is -2.27. The van der Waals surface area contributed by atoms with Crippen LogP contribution in [-0.2, 0) is 16.5 Å². The van der Waals surface area contributed by atoms with Crippen molar-refractivity contribution in [1.82, 2.24) is 14.9 Å². The molecule has 1 aliphatic rings. The molecule has 3 aromatic rings. The fourth-order valence-electron chi connectivity index (χ4n) is 3.76. The SMILES string of the molecule is COc1ccc([C@]2(c3cccc(-c4cncnc4F)c3)N=C(N)N(C)C2=O)cc1C(F)(F)F. The third-order valence-electron chi connectivity index (χ3n) is 5.42. The van der Waals surface area contributed by atoms with Crippen LogP contribution in [0.1, 0.15) is 16.7 Å². The monoisotopic (exact) mass is 459 g/mol. The molecule has 0 bridgehead atoms. The van der Waals surface area contributed by atoms with Gasteiger partial charge in [-0.05, 0) is 34.9 Å². The Morgan fingerprint density at radius 1 is 1.12 bits per heavy atom. The first-order valence-electron chi connectivity index (χ1n) is 9.55. The molecule has 33 heavy (non-hydrogen) atoms. The number of likely N-dealkylation sites (N-methyl/N-ethyl adjacent to an activating group) is 1.